The Labute approximate surface area is 172 Å². The molecule has 3 N–H and O–H groups in total. The molecule has 158 valence electrons. The average molecular weight is 409 g/mol. The van der Waals surface area contributed by atoms with Crippen LogP contribution in [-0.4, -0.2) is 21.9 Å². The van der Waals surface area contributed by atoms with Gasteiger partial charge in [0.15, 0.2) is 0 Å². The van der Waals surface area contributed by atoms with E-state index in [0.717, 1.165) is 35.9 Å². The van der Waals surface area contributed by atoms with Crippen LogP contribution in [0.15, 0.2) is 11.2 Å². The summed E-state index contributed by atoms with van der Waals surface area (Å²) in [5.41, 5.74) is 5.36. The smallest absolute Gasteiger partial charge is 0.312 e. The fraction of sp³-hybridized carbons (Fsp3) is 0.762. The number of carbonyl (C=O) groups is 2. The Hall–Kier alpha value is -1.63. The van der Waals surface area contributed by atoms with E-state index in [1.165, 1.54) is 0 Å². The first kappa shape index (κ1) is 22.7. The molecule has 1 aliphatic rings. The highest BCUT2D eigenvalue weighted by atomic mass is 32.1. The summed E-state index contributed by atoms with van der Waals surface area (Å²) in [7, 11) is 0. The SMILES string of the molecule is CCCCc1cn(C(C)(C)C)sc1=NC(=O)[C@]1(C)CC[C@H](NC(N)=O)C1(C)C. The number of aromatic nitrogens is 1. The summed E-state index contributed by atoms with van der Waals surface area (Å²) in [6.07, 6.45) is 6.65. The molecule has 1 aromatic heterocycles. The Balaban J connectivity index is 2.42. The number of unbranched alkanes of at least 4 members (excludes halogenated alkanes) is 1. The van der Waals surface area contributed by atoms with Crippen molar-refractivity contribution in [2.24, 2.45) is 21.6 Å². The molecule has 2 rings (SSSR count). The number of nitrogens with one attached hydrogen (secondary N) is 1. The van der Waals surface area contributed by atoms with Gasteiger partial charge in [-0.3, -0.25) is 8.75 Å². The Bertz CT molecular complexity index is 800. The van der Waals surface area contributed by atoms with Crippen LogP contribution in [0.4, 0.5) is 4.79 Å². The zero-order chi connectivity index (χ0) is 21.3. The van der Waals surface area contributed by atoms with Gasteiger partial charge in [-0.2, -0.15) is 0 Å². The number of nitrogens with two attached hydrogens (primary N) is 1. The zero-order valence-corrected chi connectivity index (χ0v) is 19.2. The Morgan fingerprint density at radius 2 is 2.00 bits per heavy atom. The van der Waals surface area contributed by atoms with Crippen LogP contribution >= 0.6 is 11.5 Å². The number of nitrogens with zero attached hydrogens (tertiary/aromatic N) is 2. The van der Waals surface area contributed by atoms with Crippen LogP contribution in [0, 0.1) is 10.8 Å². The van der Waals surface area contributed by atoms with Crippen molar-refractivity contribution in [3.63, 3.8) is 0 Å². The van der Waals surface area contributed by atoms with E-state index in [0.29, 0.717) is 6.42 Å². The van der Waals surface area contributed by atoms with Gasteiger partial charge in [0.25, 0.3) is 5.91 Å². The lowest BCUT2D eigenvalue weighted by Gasteiger charge is -2.39. The molecule has 0 unspecified atom stereocenters. The van der Waals surface area contributed by atoms with Crippen molar-refractivity contribution in [2.75, 3.05) is 0 Å². The van der Waals surface area contributed by atoms with E-state index in [9.17, 15) is 9.59 Å². The highest BCUT2D eigenvalue weighted by Crippen LogP contribution is 2.53. The van der Waals surface area contributed by atoms with Crippen LogP contribution in [0.2, 0.25) is 0 Å². The van der Waals surface area contributed by atoms with Gasteiger partial charge in [0.05, 0.1) is 5.41 Å². The number of hydrogen-bond acceptors (Lipinski definition) is 3. The first-order chi connectivity index (χ1) is 12.8. The fourth-order valence-corrected chi connectivity index (χ4v) is 4.90. The van der Waals surface area contributed by atoms with Crippen molar-refractivity contribution in [3.05, 3.63) is 16.4 Å². The van der Waals surface area contributed by atoms with E-state index in [2.05, 4.69) is 48.2 Å². The molecular formula is C21H36N4O2S. The molecule has 0 aliphatic heterocycles. The van der Waals surface area contributed by atoms with E-state index >= 15 is 0 Å². The van der Waals surface area contributed by atoms with Crippen molar-refractivity contribution >= 4 is 23.5 Å². The number of urea groups is 1. The molecule has 3 amide bonds. The molecular weight excluding hydrogens is 372 g/mol. The van der Waals surface area contributed by atoms with Gasteiger partial charge in [-0.15, -0.1) is 0 Å². The van der Waals surface area contributed by atoms with Gasteiger partial charge >= 0.3 is 6.03 Å². The molecule has 1 saturated carbocycles. The number of aryl methyl sites for hydroxylation is 1. The van der Waals surface area contributed by atoms with Gasteiger partial charge in [-0.05, 0) is 63.4 Å². The summed E-state index contributed by atoms with van der Waals surface area (Å²) < 4.78 is 3.00. The normalized spacial score (nSPS) is 25.1. The Morgan fingerprint density at radius 1 is 1.36 bits per heavy atom. The quantitative estimate of drug-likeness (QED) is 0.773. The van der Waals surface area contributed by atoms with Gasteiger partial charge in [-0.1, -0.05) is 34.1 Å². The zero-order valence-electron chi connectivity index (χ0n) is 18.4. The third-order valence-corrected chi connectivity index (χ3v) is 7.79. The maximum Gasteiger partial charge on any atom is 0.312 e. The second-order valence-corrected chi connectivity index (χ2v) is 10.7. The first-order valence-electron chi connectivity index (χ1n) is 10.2. The molecule has 0 saturated heterocycles. The van der Waals surface area contributed by atoms with E-state index in [1.807, 2.05) is 20.8 Å². The molecule has 6 nitrogen and oxygen atoms in total. The first-order valence-corrected chi connectivity index (χ1v) is 11.0. The molecule has 0 radical (unpaired) electrons. The van der Waals surface area contributed by atoms with Crippen LogP contribution in [0.5, 0.6) is 0 Å². The maximum absolute atomic E-state index is 13.4. The van der Waals surface area contributed by atoms with E-state index in [4.69, 9.17) is 5.73 Å². The lowest BCUT2D eigenvalue weighted by atomic mass is 9.67. The number of hydrogen-bond donors (Lipinski definition) is 2. The molecule has 0 spiro atoms. The second kappa shape index (κ2) is 8.01. The van der Waals surface area contributed by atoms with Gasteiger partial charge in [0, 0.05) is 23.3 Å². The summed E-state index contributed by atoms with van der Waals surface area (Å²) in [6, 6.07) is -0.672. The largest absolute Gasteiger partial charge is 0.352 e. The fourth-order valence-electron chi connectivity index (χ4n) is 3.86. The minimum atomic E-state index is -0.640. The summed E-state index contributed by atoms with van der Waals surface area (Å²) in [5, 5.41) is 2.81. The van der Waals surface area contributed by atoms with Gasteiger partial charge in [0.1, 0.15) is 4.67 Å². The van der Waals surface area contributed by atoms with E-state index in [1.54, 1.807) is 11.5 Å². The standard InChI is InChI=1S/C21H36N4O2S/c1-8-9-10-14-13-25(19(2,3)4)28-16(14)24-17(26)21(7)12-11-15(20(21,5)6)23-18(22)27/h13,15H,8-12H2,1-7H3,(H3,22,23,27)/t15-,21-/m0/s1. The van der Waals surface area contributed by atoms with Crippen LogP contribution in [0.1, 0.15) is 79.7 Å². The Kier molecular flexibility index (Phi) is 6.48. The van der Waals surface area contributed by atoms with Gasteiger partial charge in [0.2, 0.25) is 0 Å². The predicted molar refractivity (Wildman–Crippen MR) is 114 cm³/mol. The number of carbonyl (C=O) groups excluding carboxylic acids is 2. The molecule has 7 heteroatoms. The third-order valence-electron chi connectivity index (χ3n) is 6.41. The topological polar surface area (TPSA) is 89.5 Å². The summed E-state index contributed by atoms with van der Waals surface area (Å²) in [4.78, 5) is 29.3. The van der Waals surface area contributed by atoms with Crippen molar-refractivity contribution in [3.8, 4) is 0 Å². The van der Waals surface area contributed by atoms with Crippen LogP contribution in [-0.2, 0) is 16.8 Å². The molecule has 28 heavy (non-hydrogen) atoms. The van der Waals surface area contributed by atoms with Crippen molar-refractivity contribution in [1.82, 2.24) is 9.27 Å². The molecule has 1 aliphatic carbocycles. The van der Waals surface area contributed by atoms with Crippen LogP contribution < -0.4 is 15.7 Å². The summed E-state index contributed by atoms with van der Waals surface area (Å²) in [5.74, 6) is -0.105. The molecule has 1 aromatic rings. The van der Waals surface area contributed by atoms with Crippen molar-refractivity contribution < 1.29 is 9.59 Å². The summed E-state index contributed by atoms with van der Waals surface area (Å²) >= 11 is 1.55. The van der Waals surface area contributed by atoms with Crippen molar-refractivity contribution in [2.45, 2.75) is 92.2 Å². The van der Waals surface area contributed by atoms with Crippen molar-refractivity contribution in [1.29, 1.82) is 0 Å². The van der Waals surface area contributed by atoms with E-state index in [-0.39, 0.29) is 17.5 Å². The predicted octanol–water partition coefficient (Wildman–Crippen LogP) is 3.94. The highest BCUT2D eigenvalue weighted by Gasteiger charge is 2.56. The highest BCUT2D eigenvalue weighted by molar-refractivity contribution is 7.04. The maximum atomic E-state index is 13.4. The number of amides is 3. The molecule has 1 heterocycles. The monoisotopic (exact) mass is 408 g/mol. The third kappa shape index (κ3) is 4.34. The number of primary amides is 1. The molecule has 1 fully saturated rings. The lowest BCUT2D eigenvalue weighted by molar-refractivity contribution is -0.131. The Morgan fingerprint density at radius 3 is 2.54 bits per heavy atom. The summed E-state index contributed by atoms with van der Waals surface area (Å²) in [6.45, 7) is 14.6. The second-order valence-electron chi connectivity index (χ2n) is 9.72. The van der Waals surface area contributed by atoms with Crippen LogP contribution in [0.3, 0.4) is 0 Å². The van der Waals surface area contributed by atoms with Crippen LogP contribution in [0.25, 0.3) is 0 Å². The molecule has 0 bridgehead atoms. The average Bonchev–Trinajstić information content (AvgIpc) is 3.07. The van der Waals surface area contributed by atoms with E-state index < -0.39 is 16.9 Å². The lowest BCUT2D eigenvalue weighted by Crippen LogP contribution is -2.50. The van der Waals surface area contributed by atoms with Gasteiger partial charge in [-0.25, -0.2) is 9.79 Å². The minimum absolute atomic E-state index is 0.0461. The van der Waals surface area contributed by atoms with Gasteiger partial charge < -0.3 is 11.1 Å². The molecule has 0 aromatic carbocycles. The minimum Gasteiger partial charge on any atom is -0.352 e. The molecule has 2 atom stereocenters. The number of rotatable bonds is 5.